The Morgan fingerprint density at radius 1 is 1.59 bits per heavy atom. The normalized spacial score (nSPS) is 9.06. The molecule has 0 aliphatic heterocycles. The summed E-state index contributed by atoms with van der Waals surface area (Å²) in [7, 11) is 1.26. The topological polar surface area (TPSA) is 63.6 Å². The van der Waals surface area contributed by atoms with Gasteiger partial charge in [0.2, 0.25) is 0 Å². The van der Waals surface area contributed by atoms with E-state index in [-0.39, 0.29) is 28.3 Å². The number of aldehydes is 1. The quantitative estimate of drug-likeness (QED) is 0.495. The van der Waals surface area contributed by atoms with Crippen LogP contribution in [0.1, 0.15) is 22.3 Å². The maximum atomic E-state index is 10.8. The molecule has 0 atom stereocenters. The van der Waals surface area contributed by atoms with Crippen molar-refractivity contribution < 1.29 is 19.4 Å². The molecule has 1 aromatic carbocycles. The predicted octanol–water partition coefficient (Wildman–Crippen LogP) is 1.77. The molecule has 1 N–H and O–H groups in total. The van der Waals surface area contributed by atoms with Crippen molar-refractivity contribution in [2.75, 3.05) is 7.11 Å². The summed E-state index contributed by atoms with van der Waals surface area (Å²) >= 11 is 5.74. The number of halogens is 1. The minimum absolute atomic E-state index is 0.0554. The fraction of sp³-hybridized carbons (Fsp3) is 0.167. The van der Waals surface area contributed by atoms with E-state index >= 15 is 0 Å². The number of ether oxygens (including phenoxy) is 1. The van der Waals surface area contributed by atoms with Gasteiger partial charge in [-0.25, -0.2) is 0 Å². The lowest BCUT2D eigenvalue weighted by Gasteiger charge is -2.01. The molecule has 0 saturated carbocycles. The molecule has 0 saturated heterocycles. The number of phenolic OH excluding ortho intramolecular Hbond substituents is 1. The van der Waals surface area contributed by atoms with Gasteiger partial charge in [-0.3, -0.25) is 9.59 Å². The van der Waals surface area contributed by atoms with E-state index in [1.54, 1.807) is 0 Å². The van der Waals surface area contributed by atoms with Crippen LogP contribution in [0.15, 0.2) is 12.1 Å². The van der Waals surface area contributed by atoms with E-state index in [0.29, 0.717) is 6.29 Å². The van der Waals surface area contributed by atoms with Crippen LogP contribution in [0.2, 0.25) is 5.02 Å². The monoisotopic (exact) mass is 252 g/mol. The number of hydrogen-bond acceptors (Lipinski definition) is 4. The van der Waals surface area contributed by atoms with Crippen LogP contribution in [-0.2, 0) is 9.53 Å². The number of carbonyl (C=O) groups excluding carboxylic acids is 2. The molecule has 0 unspecified atom stereocenters. The summed E-state index contributed by atoms with van der Waals surface area (Å²) < 4.78 is 4.40. The van der Waals surface area contributed by atoms with E-state index in [1.807, 2.05) is 0 Å². The van der Waals surface area contributed by atoms with Gasteiger partial charge in [0.25, 0.3) is 0 Å². The van der Waals surface area contributed by atoms with Crippen LogP contribution in [0.3, 0.4) is 0 Å². The lowest BCUT2D eigenvalue weighted by atomic mass is 10.1. The summed E-state index contributed by atoms with van der Waals surface area (Å²) in [6.07, 6.45) is 0.381. The van der Waals surface area contributed by atoms with E-state index in [9.17, 15) is 14.7 Å². The molecular weight excluding hydrogens is 244 g/mol. The van der Waals surface area contributed by atoms with Gasteiger partial charge in [0.1, 0.15) is 12.2 Å². The zero-order chi connectivity index (χ0) is 12.8. The van der Waals surface area contributed by atoms with Crippen LogP contribution < -0.4 is 0 Å². The summed E-state index contributed by atoms with van der Waals surface area (Å²) in [6, 6.07) is 2.74. The van der Waals surface area contributed by atoms with Gasteiger partial charge in [-0.15, -0.1) is 0 Å². The molecule has 0 aliphatic rings. The molecule has 0 heterocycles. The fourth-order valence-corrected chi connectivity index (χ4v) is 1.32. The summed E-state index contributed by atoms with van der Waals surface area (Å²) in [4.78, 5) is 21.4. The molecular formula is C12H9ClO4. The average molecular weight is 253 g/mol. The smallest absolute Gasteiger partial charge is 0.317 e. The molecule has 0 spiro atoms. The van der Waals surface area contributed by atoms with Gasteiger partial charge in [0, 0.05) is 5.02 Å². The highest BCUT2D eigenvalue weighted by Crippen LogP contribution is 2.25. The second-order valence-corrected chi connectivity index (χ2v) is 3.50. The van der Waals surface area contributed by atoms with Gasteiger partial charge >= 0.3 is 5.97 Å². The maximum Gasteiger partial charge on any atom is 0.317 e. The molecule has 88 valence electrons. The number of benzene rings is 1. The van der Waals surface area contributed by atoms with Crippen molar-refractivity contribution in [3.8, 4) is 17.6 Å². The van der Waals surface area contributed by atoms with Crippen molar-refractivity contribution in [3.63, 3.8) is 0 Å². The number of aromatic hydroxyl groups is 1. The second kappa shape index (κ2) is 5.92. The number of phenols is 1. The largest absolute Gasteiger partial charge is 0.506 e. The summed E-state index contributed by atoms with van der Waals surface area (Å²) in [5.74, 6) is 4.34. The Kier molecular flexibility index (Phi) is 4.56. The molecule has 0 aliphatic carbocycles. The lowest BCUT2D eigenvalue weighted by molar-refractivity contribution is -0.139. The summed E-state index contributed by atoms with van der Waals surface area (Å²) in [6.45, 7) is 0. The van der Waals surface area contributed by atoms with Crippen molar-refractivity contribution >= 4 is 23.9 Å². The number of carbonyl (C=O) groups is 2. The zero-order valence-corrected chi connectivity index (χ0v) is 9.75. The number of methoxy groups -OCH3 is 1. The van der Waals surface area contributed by atoms with Crippen LogP contribution >= 0.6 is 11.6 Å². The van der Waals surface area contributed by atoms with Gasteiger partial charge in [0.05, 0.1) is 18.2 Å². The SMILES string of the molecule is COC(=O)CC#Cc1cc(Cl)cc(C=O)c1O. The van der Waals surface area contributed by atoms with E-state index < -0.39 is 5.97 Å². The first-order valence-corrected chi connectivity index (χ1v) is 4.99. The van der Waals surface area contributed by atoms with Gasteiger partial charge < -0.3 is 9.84 Å². The molecule has 0 bridgehead atoms. The highest BCUT2D eigenvalue weighted by Gasteiger charge is 2.06. The first kappa shape index (κ1) is 13.1. The van der Waals surface area contributed by atoms with Gasteiger partial charge in [-0.2, -0.15) is 0 Å². The molecule has 1 aromatic rings. The third kappa shape index (κ3) is 3.51. The fourth-order valence-electron chi connectivity index (χ4n) is 1.09. The second-order valence-electron chi connectivity index (χ2n) is 3.06. The lowest BCUT2D eigenvalue weighted by Crippen LogP contribution is -1.97. The minimum Gasteiger partial charge on any atom is -0.506 e. The van der Waals surface area contributed by atoms with Crippen LogP contribution in [0.5, 0.6) is 5.75 Å². The van der Waals surface area contributed by atoms with E-state index in [1.165, 1.54) is 19.2 Å². The summed E-state index contributed by atoms with van der Waals surface area (Å²) in [5.41, 5.74) is 0.253. The van der Waals surface area contributed by atoms with Crippen molar-refractivity contribution in [1.82, 2.24) is 0 Å². The minimum atomic E-state index is -0.477. The van der Waals surface area contributed by atoms with E-state index in [2.05, 4.69) is 16.6 Å². The molecule has 5 heteroatoms. The third-order valence-corrected chi connectivity index (χ3v) is 2.13. The molecule has 1 rings (SSSR count). The highest BCUT2D eigenvalue weighted by atomic mass is 35.5. The van der Waals surface area contributed by atoms with Crippen LogP contribution in [0.4, 0.5) is 0 Å². The van der Waals surface area contributed by atoms with Crippen molar-refractivity contribution in [3.05, 3.63) is 28.3 Å². The van der Waals surface area contributed by atoms with E-state index in [4.69, 9.17) is 11.6 Å². The van der Waals surface area contributed by atoms with Crippen LogP contribution in [-0.4, -0.2) is 24.5 Å². The number of hydrogen-bond donors (Lipinski definition) is 1. The Morgan fingerprint density at radius 3 is 2.88 bits per heavy atom. The highest BCUT2D eigenvalue weighted by molar-refractivity contribution is 6.31. The van der Waals surface area contributed by atoms with Gasteiger partial charge in [-0.05, 0) is 12.1 Å². The molecule has 4 nitrogen and oxygen atoms in total. The van der Waals surface area contributed by atoms with Gasteiger partial charge in [-0.1, -0.05) is 23.4 Å². The first-order valence-electron chi connectivity index (χ1n) is 4.62. The maximum absolute atomic E-state index is 10.8. The van der Waals surface area contributed by atoms with Crippen molar-refractivity contribution in [2.24, 2.45) is 0 Å². The molecule has 0 fully saturated rings. The van der Waals surface area contributed by atoms with Crippen molar-refractivity contribution in [1.29, 1.82) is 0 Å². The first-order chi connectivity index (χ1) is 8.08. The standard InChI is InChI=1S/C12H9ClO4/c1-17-11(15)4-2-3-8-5-10(13)6-9(7-14)12(8)16/h5-7,16H,4H2,1H3. The number of esters is 1. The Balaban J connectivity index is 3.02. The molecule has 17 heavy (non-hydrogen) atoms. The Morgan fingerprint density at radius 2 is 2.29 bits per heavy atom. The van der Waals surface area contributed by atoms with Gasteiger partial charge in [0.15, 0.2) is 6.29 Å². The number of rotatable bonds is 2. The van der Waals surface area contributed by atoms with Crippen molar-refractivity contribution in [2.45, 2.75) is 6.42 Å². The average Bonchev–Trinajstić information content (AvgIpc) is 2.32. The molecule has 0 radical (unpaired) electrons. The van der Waals surface area contributed by atoms with Crippen LogP contribution in [0, 0.1) is 11.8 Å². The van der Waals surface area contributed by atoms with Crippen LogP contribution in [0.25, 0.3) is 0 Å². The molecule has 0 amide bonds. The Bertz CT molecular complexity index is 511. The Hall–Kier alpha value is -1.99. The Labute approximate surface area is 103 Å². The third-order valence-electron chi connectivity index (χ3n) is 1.91. The zero-order valence-electron chi connectivity index (χ0n) is 8.99. The molecule has 0 aromatic heterocycles. The van der Waals surface area contributed by atoms with E-state index in [0.717, 1.165) is 0 Å². The summed E-state index contributed by atoms with van der Waals surface area (Å²) in [5, 5.41) is 9.91. The predicted molar refractivity (Wildman–Crippen MR) is 62.0 cm³/mol.